The minimum atomic E-state index is 0.351. The SMILES string of the molecule is C=C(C1C(C)(C)C1(C)C)N1CCC(c2ccc3[nH]c(C4=C/CCC5CC(=NC=N5)/C(C)=C\4)c(C(C)C)c3c2)CC1. The summed E-state index contributed by atoms with van der Waals surface area (Å²) >= 11 is 0. The molecule has 3 heterocycles. The third-order valence-corrected chi connectivity index (χ3v) is 11.1. The van der Waals surface area contributed by atoms with Gasteiger partial charge < -0.3 is 9.88 Å². The Hall–Kier alpha value is -2.88. The van der Waals surface area contributed by atoms with Crippen molar-refractivity contribution in [3.05, 3.63) is 65.0 Å². The zero-order valence-electron chi connectivity index (χ0n) is 25.8. The van der Waals surface area contributed by atoms with E-state index in [0.29, 0.717) is 34.6 Å². The van der Waals surface area contributed by atoms with Crippen LogP contribution in [0.1, 0.15) is 109 Å². The van der Waals surface area contributed by atoms with Gasteiger partial charge in [0.15, 0.2) is 0 Å². The monoisotopic (exact) mass is 536 g/mol. The summed E-state index contributed by atoms with van der Waals surface area (Å²) < 4.78 is 0. The Morgan fingerprint density at radius 3 is 2.48 bits per heavy atom. The van der Waals surface area contributed by atoms with E-state index in [1.165, 1.54) is 63.1 Å². The second-order valence-electron chi connectivity index (χ2n) is 14.3. The first-order chi connectivity index (χ1) is 19.0. The maximum atomic E-state index is 4.62. The van der Waals surface area contributed by atoms with Crippen LogP contribution in [0.5, 0.6) is 0 Å². The maximum Gasteiger partial charge on any atom is 0.110 e. The molecule has 4 heteroatoms. The van der Waals surface area contributed by atoms with Crippen molar-refractivity contribution < 1.29 is 0 Å². The van der Waals surface area contributed by atoms with Gasteiger partial charge in [-0.25, -0.2) is 4.99 Å². The molecule has 2 fully saturated rings. The van der Waals surface area contributed by atoms with E-state index < -0.39 is 0 Å². The van der Waals surface area contributed by atoms with Gasteiger partial charge in [0.2, 0.25) is 0 Å². The molecule has 4 nitrogen and oxygen atoms in total. The highest BCUT2D eigenvalue weighted by molar-refractivity contribution is 6.06. The van der Waals surface area contributed by atoms with E-state index in [1.54, 1.807) is 6.34 Å². The van der Waals surface area contributed by atoms with Crippen LogP contribution in [0.15, 0.2) is 58.2 Å². The molecule has 2 aliphatic heterocycles. The van der Waals surface area contributed by atoms with Crippen molar-refractivity contribution in [2.75, 3.05) is 13.1 Å². The minimum Gasteiger partial charge on any atom is -0.375 e. The Bertz CT molecular complexity index is 1430. The van der Waals surface area contributed by atoms with Gasteiger partial charge in [0.1, 0.15) is 6.34 Å². The second kappa shape index (κ2) is 9.89. The molecule has 1 saturated heterocycles. The third kappa shape index (κ3) is 4.52. The van der Waals surface area contributed by atoms with Gasteiger partial charge in [-0.3, -0.25) is 4.99 Å². The number of piperidine rings is 1. The van der Waals surface area contributed by atoms with Crippen LogP contribution in [-0.2, 0) is 0 Å². The number of aliphatic imine (C=N–C) groups is 2. The van der Waals surface area contributed by atoms with E-state index in [0.717, 1.165) is 32.4 Å². The summed E-state index contributed by atoms with van der Waals surface area (Å²) in [7, 11) is 0. The van der Waals surface area contributed by atoms with E-state index in [2.05, 4.69) is 105 Å². The normalized spacial score (nSPS) is 27.4. The lowest BCUT2D eigenvalue weighted by Gasteiger charge is -2.36. The van der Waals surface area contributed by atoms with Crippen LogP contribution in [0.4, 0.5) is 0 Å². The maximum absolute atomic E-state index is 4.62. The van der Waals surface area contributed by atoms with Gasteiger partial charge >= 0.3 is 0 Å². The average molecular weight is 537 g/mol. The molecule has 1 unspecified atom stereocenters. The van der Waals surface area contributed by atoms with E-state index in [4.69, 9.17) is 0 Å². The van der Waals surface area contributed by atoms with Crippen molar-refractivity contribution in [3.63, 3.8) is 0 Å². The average Bonchev–Trinajstić information content (AvgIpc) is 3.17. The second-order valence-corrected chi connectivity index (χ2v) is 14.3. The minimum absolute atomic E-state index is 0.351. The Kier molecular flexibility index (Phi) is 6.75. The highest BCUT2D eigenvalue weighted by Gasteiger charge is 2.66. The summed E-state index contributed by atoms with van der Waals surface area (Å²) in [5.74, 6) is 1.63. The van der Waals surface area contributed by atoms with Crippen molar-refractivity contribution in [3.8, 4) is 0 Å². The molecule has 1 aromatic heterocycles. The van der Waals surface area contributed by atoms with Crippen molar-refractivity contribution >= 4 is 28.5 Å². The number of aromatic nitrogens is 1. The molecule has 2 aromatic rings. The smallest absolute Gasteiger partial charge is 0.110 e. The Morgan fingerprint density at radius 2 is 1.80 bits per heavy atom. The number of rotatable bonds is 5. The molecule has 1 saturated carbocycles. The predicted octanol–water partition coefficient (Wildman–Crippen LogP) is 9.03. The van der Waals surface area contributed by atoms with Gasteiger partial charge in [-0.15, -0.1) is 0 Å². The number of likely N-dealkylation sites (tertiary alicyclic amines) is 1. The lowest BCUT2D eigenvalue weighted by molar-refractivity contribution is 0.245. The standard InChI is InChI=1S/C36H48N4/c1-22(2)32-29-19-26(25-14-16-40(17-15-25)24(4)34-35(5,6)36(34,7)8)12-13-30(29)39-33(32)27-10-9-11-28-20-31(23(3)18-27)38-21-37-28/h10,12-13,18-19,21-22,25,28,34,39H,4,9,11,14-17,20H2,1-3,5-8H3/b23-18-,27-10+. The number of benzene rings is 1. The van der Waals surface area contributed by atoms with Crippen LogP contribution in [0.3, 0.4) is 0 Å². The number of nitrogens with zero attached hydrogens (tertiary/aromatic N) is 3. The molecule has 1 N–H and O–H groups in total. The Balaban J connectivity index is 1.26. The van der Waals surface area contributed by atoms with Crippen LogP contribution in [0.2, 0.25) is 0 Å². The van der Waals surface area contributed by atoms with Crippen molar-refractivity contribution in [1.29, 1.82) is 0 Å². The molecular weight excluding hydrogens is 488 g/mol. The van der Waals surface area contributed by atoms with Gasteiger partial charge in [-0.1, -0.05) is 60.3 Å². The summed E-state index contributed by atoms with van der Waals surface area (Å²) in [6, 6.07) is 7.57. The van der Waals surface area contributed by atoms with E-state index in [1.807, 2.05) is 0 Å². The number of nitrogens with one attached hydrogen (secondary N) is 1. The van der Waals surface area contributed by atoms with Gasteiger partial charge in [0.25, 0.3) is 0 Å². The van der Waals surface area contributed by atoms with E-state index in [-0.39, 0.29) is 0 Å². The Labute approximate surface area is 241 Å². The zero-order chi connectivity index (χ0) is 28.4. The van der Waals surface area contributed by atoms with Crippen LogP contribution in [-0.4, -0.2) is 41.1 Å². The highest BCUT2D eigenvalue weighted by atomic mass is 15.2. The summed E-state index contributed by atoms with van der Waals surface area (Å²) in [5.41, 5.74) is 11.3. The fraction of sp³-hybridized carbons (Fsp3) is 0.556. The molecule has 0 amide bonds. The fourth-order valence-corrected chi connectivity index (χ4v) is 7.97. The highest BCUT2D eigenvalue weighted by Crippen LogP contribution is 2.71. The number of allylic oxidation sites excluding steroid dienone is 5. The number of hydrogen-bond donors (Lipinski definition) is 1. The molecule has 4 aliphatic rings. The quantitative estimate of drug-likeness (QED) is 0.407. The van der Waals surface area contributed by atoms with Crippen molar-refractivity contribution in [2.24, 2.45) is 26.7 Å². The topological polar surface area (TPSA) is 43.8 Å². The molecule has 2 bridgehead atoms. The van der Waals surface area contributed by atoms with Crippen molar-refractivity contribution in [1.82, 2.24) is 9.88 Å². The van der Waals surface area contributed by atoms with E-state index in [9.17, 15) is 0 Å². The number of aromatic amines is 1. The first-order valence-corrected chi connectivity index (χ1v) is 15.6. The molecule has 1 atom stereocenters. The number of fused-ring (bicyclic) bond motifs is 3. The van der Waals surface area contributed by atoms with Gasteiger partial charge in [-0.2, -0.15) is 0 Å². The largest absolute Gasteiger partial charge is 0.375 e. The van der Waals surface area contributed by atoms with Crippen LogP contribution >= 0.6 is 0 Å². The zero-order valence-corrected chi connectivity index (χ0v) is 25.8. The van der Waals surface area contributed by atoms with Gasteiger partial charge in [-0.05, 0) is 95.8 Å². The fourth-order valence-electron chi connectivity index (χ4n) is 7.97. The summed E-state index contributed by atoms with van der Waals surface area (Å²) in [4.78, 5) is 15.7. The van der Waals surface area contributed by atoms with E-state index >= 15 is 0 Å². The molecule has 2 aliphatic carbocycles. The number of hydrogen-bond acceptors (Lipinski definition) is 3. The molecular formula is C36H48N4. The van der Waals surface area contributed by atoms with Crippen molar-refractivity contribution in [2.45, 2.75) is 98.4 Å². The predicted molar refractivity (Wildman–Crippen MR) is 171 cm³/mol. The molecule has 40 heavy (non-hydrogen) atoms. The number of H-pyrrole nitrogens is 1. The molecule has 212 valence electrons. The van der Waals surface area contributed by atoms with Gasteiger partial charge in [0, 0.05) is 53.4 Å². The first-order valence-electron chi connectivity index (χ1n) is 15.6. The molecule has 0 radical (unpaired) electrons. The lowest BCUT2D eigenvalue weighted by atomic mass is 9.87. The lowest BCUT2D eigenvalue weighted by Crippen LogP contribution is -2.33. The first kappa shape index (κ1) is 27.3. The molecule has 1 aromatic carbocycles. The summed E-state index contributed by atoms with van der Waals surface area (Å²) in [5, 5.41) is 1.39. The summed E-state index contributed by atoms with van der Waals surface area (Å²) in [6.45, 7) is 23.3. The Morgan fingerprint density at radius 1 is 1.07 bits per heavy atom. The summed E-state index contributed by atoms with van der Waals surface area (Å²) in [6.07, 6.45) is 12.0. The molecule has 0 spiro atoms. The third-order valence-electron chi connectivity index (χ3n) is 11.1. The van der Waals surface area contributed by atoms with Crippen LogP contribution < -0.4 is 0 Å². The van der Waals surface area contributed by atoms with Crippen LogP contribution in [0.25, 0.3) is 16.5 Å². The van der Waals surface area contributed by atoms with Gasteiger partial charge in [0.05, 0.1) is 6.04 Å². The van der Waals surface area contributed by atoms with Crippen LogP contribution in [0, 0.1) is 16.7 Å². The molecule has 6 rings (SSSR count).